The van der Waals surface area contributed by atoms with E-state index in [4.69, 9.17) is 0 Å². The van der Waals surface area contributed by atoms with Crippen molar-refractivity contribution in [3.63, 3.8) is 0 Å². The molecule has 7 heteroatoms. The van der Waals surface area contributed by atoms with Gasteiger partial charge in [-0.25, -0.2) is 4.39 Å². The van der Waals surface area contributed by atoms with Gasteiger partial charge < -0.3 is 10.4 Å². The van der Waals surface area contributed by atoms with Gasteiger partial charge in [-0.05, 0) is 37.0 Å². The summed E-state index contributed by atoms with van der Waals surface area (Å²) in [6.45, 7) is 5.85. The summed E-state index contributed by atoms with van der Waals surface area (Å²) >= 11 is 0. The molecule has 1 atom stereocenters. The zero-order valence-corrected chi connectivity index (χ0v) is 13.4. The first-order valence-corrected chi connectivity index (χ1v) is 7.19. The minimum Gasteiger partial charge on any atom is -0.393 e. The van der Waals surface area contributed by atoms with Gasteiger partial charge in [0, 0.05) is 12.6 Å². The lowest BCUT2D eigenvalue weighted by Crippen LogP contribution is -2.34. The third-order valence-electron chi connectivity index (χ3n) is 3.19. The van der Waals surface area contributed by atoms with Crippen LogP contribution in [0.25, 0.3) is 6.08 Å². The molecule has 1 amide bonds. The van der Waals surface area contributed by atoms with Crippen LogP contribution in [0.15, 0.2) is 24.3 Å². The molecule has 6 nitrogen and oxygen atoms in total. The van der Waals surface area contributed by atoms with Crippen molar-refractivity contribution in [3.05, 3.63) is 45.8 Å². The zero-order valence-electron chi connectivity index (χ0n) is 13.4. The van der Waals surface area contributed by atoms with Crippen molar-refractivity contribution in [3.8, 4) is 0 Å². The van der Waals surface area contributed by atoms with E-state index in [2.05, 4.69) is 5.32 Å². The minimum absolute atomic E-state index is 0.148. The van der Waals surface area contributed by atoms with Crippen molar-refractivity contribution in [1.82, 2.24) is 5.32 Å². The first kappa shape index (κ1) is 18.8. The summed E-state index contributed by atoms with van der Waals surface area (Å²) in [6, 6.07) is 3.15. The summed E-state index contributed by atoms with van der Waals surface area (Å²) < 4.78 is 13.0. The quantitative estimate of drug-likeness (QED) is 0.458. The van der Waals surface area contributed by atoms with Gasteiger partial charge in [-0.1, -0.05) is 13.8 Å². The van der Waals surface area contributed by atoms with Crippen molar-refractivity contribution >= 4 is 17.7 Å². The fourth-order valence-corrected chi connectivity index (χ4v) is 2.24. The van der Waals surface area contributed by atoms with Crippen LogP contribution in [0.3, 0.4) is 0 Å². The number of hydrogen-bond acceptors (Lipinski definition) is 4. The molecule has 0 aliphatic rings. The lowest BCUT2D eigenvalue weighted by molar-refractivity contribution is -0.385. The molecular formula is C16H21FN2O4. The molecule has 0 fully saturated rings. The molecule has 23 heavy (non-hydrogen) atoms. The molecule has 0 heterocycles. The number of benzene rings is 1. The van der Waals surface area contributed by atoms with Gasteiger partial charge in [0.15, 0.2) is 0 Å². The number of hydrogen-bond donors (Lipinski definition) is 2. The fourth-order valence-electron chi connectivity index (χ4n) is 2.24. The first-order chi connectivity index (χ1) is 10.6. The van der Waals surface area contributed by atoms with E-state index in [0.717, 1.165) is 12.1 Å². The Balaban J connectivity index is 2.71. The van der Waals surface area contributed by atoms with E-state index in [9.17, 15) is 24.4 Å². The number of nitro groups is 1. The van der Waals surface area contributed by atoms with Crippen molar-refractivity contribution < 1.29 is 19.2 Å². The largest absolute Gasteiger partial charge is 0.393 e. The maximum absolute atomic E-state index is 13.0. The van der Waals surface area contributed by atoms with Crippen LogP contribution in [0.5, 0.6) is 0 Å². The third-order valence-corrected chi connectivity index (χ3v) is 3.19. The predicted octanol–water partition coefficient (Wildman–Crippen LogP) is 2.66. The maximum Gasteiger partial charge on any atom is 0.279 e. The van der Waals surface area contributed by atoms with Crippen molar-refractivity contribution in [2.24, 2.45) is 5.41 Å². The zero-order chi connectivity index (χ0) is 17.6. The third kappa shape index (κ3) is 6.56. The normalized spacial score (nSPS) is 13.1. The number of nitro benzene ring substituents is 1. The Hall–Kier alpha value is -2.28. The highest BCUT2D eigenvalue weighted by Gasteiger charge is 2.20. The highest BCUT2D eigenvalue weighted by molar-refractivity contribution is 5.92. The summed E-state index contributed by atoms with van der Waals surface area (Å²) in [6.07, 6.45) is 2.49. The Morgan fingerprint density at radius 1 is 1.52 bits per heavy atom. The second-order valence-electron chi connectivity index (χ2n) is 6.23. The molecular weight excluding hydrogens is 303 g/mol. The molecule has 0 aliphatic heterocycles. The number of nitrogens with one attached hydrogen (secondary N) is 1. The van der Waals surface area contributed by atoms with Crippen molar-refractivity contribution in [2.75, 3.05) is 6.54 Å². The molecule has 1 unspecified atom stereocenters. The summed E-state index contributed by atoms with van der Waals surface area (Å²) in [4.78, 5) is 21.9. The Morgan fingerprint density at radius 3 is 2.74 bits per heavy atom. The van der Waals surface area contributed by atoms with Gasteiger partial charge in [0.1, 0.15) is 5.82 Å². The lowest BCUT2D eigenvalue weighted by atomic mass is 9.87. The number of amides is 1. The fraction of sp³-hybridized carbons (Fsp3) is 0.438. The van der Waals surface area contributed by atoms with Gasteiger partial charge >= 0.3 is 0 Å². The number of aliphatic hydroxyl groups excluding tert-OH is 1. The molecule has 0 saturated carbocycles. The summed E-state index contributed by atoms with van der Waals surface area (Å²) in [5.41, 5.74) is -0.530. The monoisotopic (exact) mass is 324 g/mol. The Kier molecular flexibility index (Phi) is 6.38. The number of rotatable bonds is 7. The van der Waals surface area contributed by atoms with E-state index in [1.54, 1.807) is 6.92 Å². The van der Waals surface area contributed by atoms with E-state index in [1.165, 1.54) is 18.2 Å². The number of carbonyl (C=O) groups is 1. The Labute approximate surface area is 134 Å². The van der Waals surface area contributed by atoms with Gasteiger partial charge in [0.2, 0.25) is 5.91 Å². The number of carbonyl (C=O) groups excluding carboxylic acids is 1. The second-order valence-corrected chi connectivity index (χ2v) is 6.23. The van der Waals surface area contributed by atoms with Gasteiger partial charge in [0.25, 0.3) is 5.69 Å². The van der Waals surface area contributed by atoms with Crippen LogP contribution in [0.2, 0.25) is 0 Å². The van der Waals surface area contributed by atoms with Gasteiger partial charge in [-0.2, -0.15) is 0 Å². The van der Waals surface area contributed by atoms with Gasteiger partial charge in [0.05, 0.1) is 22.7 Å². The maximum atomic E-state index is 13.0. The van der Waals surface area contributed by atoms with E-state index in [1.807, 2.05) is 13.8 Å². The average Bonchev–Trinajstić information content (AvgIpc) is 2.42. The van der Waals surface area contributed by atoms with Crippen LogP contribution in [-0.2, 0) is 4.79 Å². The summed E-state index contributed by atoms with van der Waals surface area (Å²) in [7, 11) is 0. The van der Waals surface area contributed by atoms with Crippen LogP contribution >= 0.6 is 0 Å². The van der Waals surface area contributed by atoms with Crippen molar-refractivity contribution in [2.45, 2.75) is 33.3 Å². The number of nitrogens with zero attached hydrogens (tertiary/aromatic N) is 1. The molecule has 0 saturated heterocycles. The standard InChI is InChI=1S/C16H21FN2O4/c1-11(20)9-16(2,3)10-18-15(21)7-5-12-4-6-13(17)8-14(12)19(22)23/h4-8,11,20H,9-10H2,1-3H3,(H,18,21). The van der Waals surface area contributed by atoms with Crippen molar-refractivity contribution in [1.29, 1.82) is 0 Å². The minimum atomic E-state index is -0.710. The highest BCUT2D eigenvalue weighted by Crippen LogP contribution is 2.22. The molecule has 0 aliphatic carbocycles. The van der Waals surface area contributed by atoms with Crippen LogP contribution in [0, 0.1) is 21.3 Å². The summed E-state index contributed by atoms with van der Waals surface area (Å²) in [5, 5.41) is 22.9. The summed E-state index contributed by atoms with van der Waals surface area (Å²) in [5.74, 6) is -1.12. The molecule has 0 radical (unpaired) electrons. The number of aliphatic hydroxyl groups is 1. The molecule has 126 valence electrons. The molecule has 1 rings (SSSR count). The molecule has 0 aromatic heterocycles. The van der Waals surface area contributed by atoms with E-state index < -0.39 is 28.4 Å². The molecule has 0 spiro atoms. The molecule has 2 N–H and O–H groups in total. The molecule has 0 bridgehead atoms. The van der Waals surface area contributed by atoms with Crippen LogP contribution < -0.4 is 5.32 Å². The first-order valence-electron chi connectivity index (χ1n) is 7.19. The Morgan fingerprint density at radius 2 is 2.17 bits per heavy atom. The average molecular weight is 324 g/mol. The molecule has 1 aromatic rings. The number of halogens is 1. The smallest absolute Gasteiger partial charge is 0.279 e. The SMILES string of the molecule is CC(O)CC(C)(C)CNC(=O)C=Cc1ccc(F)cc1[N+](=O)[O-]. The molecule has 1 aromatic carbocycles. The second kappa shape index (κ2) is 7.82. The highest BCUT2D eigenvalue weighted by atomic mass is 19.1. The van der Waals surface area contributed by atoms with Gasteiger partial charge in [-0.15, -0.1) is 0 Å². The van der Waals surface area contributed by atoms with Gasteiger partial charge in [-0.3, -0.25) is 14.9 Å². The van der Waals surface area contributed by atoms with E-state index >= 15 is 0 Å². The lowest BCUT2D eigenvalue weighted by Gasteiger charge is -2.26. The predicted molar refractivity (Wildman–Crippen MR) is 85.2 cm³/mol. The topological polar surface area (TPSA) is 92.5 Å². The van der Waals surface area contributed by atoms with Crippen LogP contribution in [-0.4, -0.2) is 28.6 Å². The van der Waals surface area contributed by atoms with E-state index in [0.29, 0.717) is 13.0 Å². The van der Waals surface area contributed by atoms with Crippen LogP contribution in [0.1, 0.15) is 32.8 Å². The van der Waals surface area contributed by atoms with Crippen LogP contribution in [0.4, 0.5) is 10.1 Å². The van der Waals surface area contributed by atoms with E-state index in [-0.39, 0.29) is 11.0 Å². The Bertz CT molecular complexity index is 612.